The largest absolute Gasteiger partial charge is 0.393 e. The molecule has 26 heavy (non-hydrogen) atoms. The molecule has 1 radical (unpaired) electrons. The van der Waals surface area contributed by atoms with E-state index < -0.39 is 0 Å². The maximum atomic E-state index is 13.1. The Labute approximate surface area is 167 Å². The summed E-state index contributed by atoms with van der Waals surface area (Å²) in [7, 11) is 0. The van der Waals surface area contributed by atoms with Gasteiger partial charge in [-0.2, -0.15) is 0 Å². The summed E-state index contributed by atoms with van der Waals surface area (Å²) in [5.41, 5.74) is 3.78. The molecule has 0 fully saturated rings. The first-order valence-corrected chi connectivity index (χ1v) is 8.26. The van der Waals surface area contributed by atoms with E-state index in [1.807, 2.05) is 37.3 Å². The Morgan fingerprint density at radius 1 is 1.04 bits per heavy atom. The molecule has 0 aliphatic rings. The maximum absolute atomic E-state index is 13.1. The minimum atomic E-state index is -0.375. The minimum Gasteiger partial charge on any atom is -0.393 e. The Morgan fingerprint density at radius 2 is 1.73 bits per heavy atom. The maximum Gasteiger partial charge on any atom is 0.123 e. The molecule has 0 saturated carbocycles. The zero-order valence-electron chi connectivity index (χ0n) is 15.0. The third-order valence-electron chi connectivity index (χ3n) is 3.57. The van der Waals surface area contributed by atoms with E-state index in [-0.39, 0.29) is 38.1 Å². The molecule has 3 nitrogen and oxygen atoms in total. The van der Waals surface area contributed by atoms with E-state index in [2.05, 4.69) is 11.1 Å². The number of pyridine rings is 1. The molecular formula is C21H23FIrNO2-. The third kappa shape index (κ3) is 6.93. The van der Waals surface area contributed by atoms with Gasteiger partial charge in [0.2, 0.25) is 0 Å². The molecule has 2 N–H and O–H groups in total. The van der Waals surface area contributed by atoms with Gasteiger partial charge in [0.05, 0.1) is 17.7 Å². The van der Waals surface area contributed by atoms with Crippen LogP contribution in [0.4, 0.5) is 4.39 Å². The van der Waals surface area contributed by atoms with Crippen LogP contribution in [0.25, 0.3) is 22.2 Å². The molecule has 0 amide bonds. The van der Waals surface area contributed by atoms with E-state index >= 15 is 0 Å². The number of benzene rings is 2. The molecule has 0 spiro atoms. The number of aryl methyl sites for hydroxylation is 1. The predicted octanol–water partition coefficient (Wildman–Crippen LogP) is 4.29. The van der Waals surface area contributed by atoms with E-state index in [4.69, 9.17) is 10.2 Å². The molecule has 1 aromatic heterocycles. The fourth-order valence-corrected chi connectivity index (χ4v) is 2.47. The van der Waals surface area contributed by atoms with Crippen LogP contribution in [0.1, 0.15) is 25.8 Å². The fraction of sp³-hybridized carbons (Fsp3) is 0.286. The first-order chi connectivity index (χ1) is 11.8. The van der Waals surface area contributed by atoms with Crippen LogP contribution in [0, 0.1) is 18.8 Å². The van der Waals surface area contributed by atoms with Crippen molar-refractivity contribution in [1.82, 2.24) is 4.98 Å². The third-order valence-corrected chi connectivity index (χ3v) is 3.57. The van der Waals surface area contributed by atoms with Gasteiger partial charge in [-0.3, -0.25) is 4.98 Å². The molecule has 3 rings (SSSR count). The van der Waals surface area contributed by atoms with Crippen molar-refractivity contribution in [2.75, 3.05) is 0 Å². The second kappa shape index (κ2) is 10.5. The number of fused-ring (bicyclic) bond motifs is 1. The molecule has 0 aliphatic carbocycles. The van der Waals surface area contributed by atoms with Crippen LogP contribution in [0.5, 0.6) is 0 Å². The Bertz CT molecular complexity index is 831. The number of hydrogen-bond acceptors (Lipinski definition) is 3. The first-order valence-electron chi connectivity index (χ1n) is 8.26. The average Bonchev–Trinajstić information content (AvgIpc) is 2.53. The number of nitrogens with zero attached hydrogens (tertiary/aromatic N) is 1. The normalized spacial score (nSPS) is 12.5. The standard InChI is InChI=1S/C16H11FN.C5H12O2.Ir/c1-11-3-2-4-12(9-11)15-7-5-13-10-14(17)6-8-16(13)18-15;1-4(6)3-5(2)7;/h2-3,5-10H,1H3;4-7H,3H2,1-2H3;/q-1;;. The van der Waals surface area contributed by atoms with Crippen molar-refractivity contribution in [3.8, 4) is 11.3 Å². The van der Waals surface area contributed by atoms with Crippen molar-refractivity contribution in [2.24, 2.45) is 0 Å². The van der Waals surface area contributed by atoms with Crippen LogP contribution in [0.3, 0.4) is 0 Å². The number of hydrogen-bond donors (Lipinski definition) is 2. The van der Waals surface area contributed by atoms with Gasteiger partial charge in [-0.15, -0.1) is 35.4 Å². The van der Waals surface area contributed by atoms with E-state index in [1.165, 1.54) is 17.7 Å². The van der Waals surface area contributed by atoms with Gasteiger partial charge in [-0.25, -0.2) is 4.39 Å². The Hall–Kier alpha value is -1.65. The summed E-state index contributed by atoms with van der Waals surface area (Å²) in [5, 5.41) is 17.9. The summed E-state index contributed by atoms with van der Waals surface area (Å²) < 4.78 is 13.1. The second-order valence-corrected chi connectivity index (χ2v) is 6.25. The summed E-state index contributed by atoms with van der Waals surface area (Å²) in [6, 6.07) is 17.5. The Morgan fingerprint density at radius 3 is 2.31 bits per heavy atom. The van der Waals surface area contributed by atoms with Crippen LogP contribution in [-0.2, 0) is 20.1 Å². The van der Waals surface area contributed by atoms with E-state index in [9.17, 15) is 4.39 Å². The summed E-state index contributed by atoms with van der Waals surface area (Å²) in [6.07, 6.45) is -0.278. The molecule has 0 saturated heterocycles. The van der Waals surface area contributed by atoms with Crippen molar-refractivity contribution < 1.29 is 34.7 Å². The van der Waals surface area contributed by atoms with Crippen molar-refractivity contribution >= 4 is 10.9 Å². The molecule has 2 unspecified atom stereocenters. The molecule has 2 atom stereocenters. The van der Waals surface area contributed by atoms with Crippen LogP contribution >= 0.6 is 0 Å². The second-order valence-electron chi connectivity index (χ2n) is 6.25. The van der Waals surface area contributed by atoms with E-state index in [1.54, 1.807) is 19.9 Å². The van der Waals surface area contributed by atoms with E-state index in [0.29, 0.717) is 6.42 Å². The van der Waals surface area contributed by atoms with Crippen molar-refractivity contribution in [1.29, 1.82) is 0 Å². The quantitative estimate of drug-likeness (QED) is 0.495. The van der Waals surface area contributed by atoms with E-state index in [0.717, 1.165) is 22.2 Å². The molecule has 0 aliphatic heterocycles. The minimum absolute atomic E-state index is 0. The molecule has 2 aromatic carbocycles. The smallest absolute Gasteiger partial charge is 0.123 e. The van der Waals surface area contributed by atoms with Crippen LogP contribution in [-0.4, -0.2) is 27.4 Å². The van der Waals surface area contributed by atoms with Gasteiger partial charge in [0.15, 0.2) is 0 Å². The molecule has 3 aromatic rings. The number of rotatable bonds is 3. The molecule has 0 bridgehead atoms. The number of halogens is 1. The van der Waals surface area contributed by atoms with Gasteiger partial charge in [0.25, 0.3) is 0 Å². The zero-order valence-corrected chi connectivity index (χ0v) is 17.4. The topological polar surface area (TPSA) is 53.4 Å². The zero-order chi connectivity index (χ0) is 18.4. The SMILES string of the molecule is CC(O)CC(C)O.Cc1cc[c-]c(-c2ccc3cc(F)ccc3n2)c1.[Ir]. The molecule has 1 heterocycles. The van der Waals surface area contributed by atoms with Crippen LogP contribution < -0.4 is 0 Å². The van der Waals surface area contributed by atoms with Crippen molar-refractivity contribution in [3.63, 3.8) is 0 Å². The summed E-state index contributed by atoms with van der Waals surface area (Å²) in [4.78, 5) is 4.53. The van der Waals surface area contributed by atoms with Crippen molar-refractivity contribution in [2.45, 2.75) is 39.4 Å². The first kappa shape index (κ1) is 22.4. The number of aromatic nitrogens is 1. The number of aliphatic hydroxyl groups is 2. The average molecular weight is 533 g/mol. The van der Waals surface area contributed by atoms with Gasteiger partial charge < -0.3 is 10.2 Å². The Kier molecular flexibility index (Phi) is 9.03. The fourth-order valence-electron chi connectivity index (χ4n) is 2.47. The molecule has 5 heteroatoms. The summed E-state index contributed by atoms with van der Waals surface area (Å²) in [5.74, 6) is -0.237. The van der Waals surface area contributed by atoms with Gasteiger partial charge in [0.1, 0.15) is 5.82 Å². The summed E-state index contributed by atoms with van der Waals surface area (Å²) in [6.45, 7) is 5.35. The Balaban J connectivity index is 0.000000366. The monoisotopic (exact) mass is 533 g/mol. The number of aliphatic hydroxyl groups excluding tert-OH is 2. The van der Waals surface area contributed by atoms with Crippen molar-refractivity contribution in [3.05, 3.63) is 66.0 Å². The summed E-state index contributed by atoms with van der Waals surface area (Å²) >= 11 is 0. The van der Waals surface area contributed by atoms with Gasteiger partial charge in [0, 0.05) is 25.5 Å². The van der Waals surface area contributed by atoms with Gasteiger partial charge in [-0.05, 0) is 44.2 Å². The van der Waals surface area contributed by atoms with Gasteiger partial charge >= 0.3 is 0 Å². The molecule has 141 valence electrons. The van der Waals surface area contributed by atoms with Crippen LogP contribution in [0.15, 0.2) is 48.5 Å². The van der Waals surface area contributed by atoms with Crippen LogP contribution in [0.2, 0.25) is 0 Å². The predicted molar refractivity (Wildman–Crippen MR) is 98.7 cm³/mol. The molecular weight excluding hydrogens is 509 g/mol. The van der Waals surface area contributed by atoms with Gasteiger partial charge in [-0.1, -0.05) is 19.1 Å².